The van der Waals surface area contributed by atoms with Gasteiger partial charge in [0.25, 0.3) is 5.91 Å². The van der Waals surface area contributed by atoms with Crippen molar-refractivity contribution in [2.75, 3.05) is 26.7 Å². The molecule has 2 aromatic rings. The Kier molecular flexibility index (Phi) is 4.87. The van der Waals surface area contributed by atoms with Gasteiger partial charge in [-0.05, 0) is 29.1 Å². The van der Waals surface area contributed by atoms with Gasteiger partial charge in [0.1, 0.15) is 0 Å². The van der Waals surface area contributed by atoms with Gasteiger partial charge in [-0.15, -0.1) is 11.3 Å². The molecule has 0 bridgehead atoms. The summed E-state index contributed by atoms with van der Waals surface area (Å²) in [5.41, 5.74) is 1.92. The van der Waals surface area contributed by atoms with Crippen molar-refractivity contribution >= 4 is 17.2 Å². The smallest absolute Gasteiger partial charge is 0.251 e. The first-order chi connectivity index (χ1) is 10.8. The summed E-state index contributed by atoms with van der Waals surface area (Å²) in [4.78, 5) is 15.7. The maximum atomic E-state index is 11.8. The summed E-state index contributed by atoms with van der Waals surface area (Å²) >= 11 is 1.80. The van der Waals surface area contributed by atoms with E-state index in [0.717, 1.165) is 31.7 Å². The normalized spacial score (nSPS) is 19.0. The highest BCUT2D eigenvalue weighted by atomic mass is 32.1. The molecule has 0 radical (unpaired) electrons. The lowest BCUT2D eigenvalue weighted by molar-refractivity contribution is 0.0962. The zero-order chi connectivity index (χ0) is 15.4. The largest absolute Gasteiger partial charge is 0.355 e. The molecule has 1 fully saturated rings. The predicted octanol–water partition coefficient (Wildman–Crippen LogP) is 2.25. The number of hydrogen-bond acceptors (Lipinski definition) is 4. The summed E-state index contributed by atoms with van der Waals surface area (Å²) in [7, 11) is 1.67. The van der Waals surface area contributed by atoms with Crippen LogP contribution in [0, 0.1) is 0 Å². The van der Waals surface area contributed by atoms with Crippen LogP contribution in [-0.4, -0.2) is 37.5 Å². The quantitative estimate of drug-likeness (QED) is 0.909. The Bertz CT molecular complexity index is 627. The summed E-state index contributed by atoms with van der Waals surface area (Å²) < 4.78 is 0. The number of hydrogen-bond donors (Lipinski definition) is 2. The molecular weight excluding hydrogens is 294 g/mol. The highest BCUT2D eigenvalue weighted by Crippen LogP contribution is 2.26. The Labute approximate surface area is 135 Å². The average molecular weight is 315 g/mol. The number of amides is 1. The van der Waals surface area contributed by atoms with Crippen LogP contribution in [-0.2, 0) is 6.54 Å². The van der Waals surface area contributed by atoms with Crippen molar-refractivity contribution in [2.24, 2.45) is 0 Å². The third-order valence-electron chi connectivity index (χ3n) is 4.05. The minimum atomic E-state index is -0.0320. The molecule has 1 aromatic carbocycles. The lowest BCUT2D eigenvalue weighted by Gasteiger charge is -2.36. The van der Waals surface area contributed by atoms with Crippen molar-refractivity contribution in [1.29, 1.82) is 0 Å². The number of thiophene rings is 1. The van der Waals surface area contributed by atoms with Gasteiger partial charge in [-0.1, -0.05) is 18.2 Å². The average Bonchev–Trinajstić information content (AvgIpc) is 3.08. The second-order valence-electron chi connectivity index (χ2n) is 5.47. The minimum Gasteiger partial charge on any atom is -0.355 e. The van der Waals surface area contributed by atoms with Crippen molar-refractivity contribution < 1.29 is 4.79 Å². The maximum absolute atomic E-state index is 11.8. The Hall–Kier alpha value is -1.69. The van der Waals surface area contributed by atoms with Gasteiger partial charge < -0.3 is 10.6 Å². The second-order valence-corrected chi connectivity index (χ2v) is 6.51. The number of piperazine rings is 1. The molecule has 0 spiro atoms. The molecular formula is C17H21N3OS. The van der Waals surface area contributed by atoms with Crippen LogP contribution in [0.25, 0.3) is 0 Å². The van der Waals surface area contributed by atoms with Crippen LogP contribution in [0.2, 0.25) is 0 Å². The van der Waals surface area contributed by atoms with E-state index in [1.165, 1.54) is 10.4 Å². The molecule has 1 atom stereocenters. The van der Waals surface area contributed by atoms with Gasteiger partial charge in [-0.25, -0.2) is 0 Å². The minimum absolute atomic E-state index is 0.0320. The highest BCUT2D eigenvalue weighted by molar-refractivity contribution is 7.09. The summed E-state index contributed by atoms with van der Waals surface area (Å²) in [6.45, 7) is 3.92. The fraction of sp³-hybridized carbons (Fsp3) is 0.353. The lowest BCUT2D eigenvalue weighted by atomic mass is 10.0. The second kappa shape index (κ2) is 7.05. The molecule has 22 heavy (non-hydrogen) atoms. The first kappa shape index (κ1) is 15.2. The summed E-state index contributed by atoms with van der Waals surface area (Å²) in [6.07, 6.45) is 0. The van der Waals surface area contributed by atoms with Crippen LogP contribution in [0.1, 0.15) is 26.8 Å². The molecule has 2 heterocycles. The molecule has 1 aliphatic rings. The van der Waals surface area contributed by atoms with E-state index >= 15 is 0 Å². The number of benzene rings is 1. The van der Waals surface area contributed by atoms with E-state index in [1.807, 2.05) is 18.2 Å². The van der Waals surface area contributed by atoms with E-state index in [0.29, 0.717) is 6.04 Å². The standard InChI is InChI=1S/C17H21N3OS/c1-18-17(21)14-5-2-4-13(10-14)16-11-19-7-8-20(16)12-15-6-3-9-22-15/h2-6,9-10,16,19H,7-8,11-12H2,1H3,(H,18,21)/t16-/m0/s1. The van der Waals surface area contributed by atoms with E-state index < -0.39 is 0 Å². The van der Waals surface area contributed by atoms with Gasteiger partial charge in [0.2, 0.25) is 0 Å². The van der Waals surface area contributed by atoms with E-state index in [-0.39, 0.29) is 5.91 Å². The van der Waals surface area contributed by atoms with Crippen LogP contribution < -0.4 is 10.6 Å². The van der Waals surface area contributed by atoms with E-state index in [4.69, 9.17) is 0 Å². The molecule has 116 valence electrons. The molecule has 1 amide bonds. The van der Waals surface area contributed by atoms with Crippen molar-refractivity contribution in [3.8, 4) is 0 Å². The molecule has 0 aliphatic carbocycles. The number of rotatable bonds is 4. The number of carbonyl (C=O) groups excluding carboxylic acids is 1. The Morgan fingerprint density at radius 1 is 1.41 bits per heavy atom. The van der Waals surface area contributed by atoms with Gasteiger partial charge >= 0.3 is 0 Å². The fourth-order valence-corrected chi connectivity index (χ4v) is 3.63. The Morgan fingerprint density at radius 2 is 2.32 bits per heavy atom. The van der Waals surface area contributed by atoms with Crippen LogP contribution in [0.5, 0.6) is 0 Å². The molecule has 2 N–H and O–H groups in total. The summed E-state index contributed by atoms with van der Waals surface area (Å²) in [5.74, 6) is -0.0320. The van der Waals surface area contributed by atoms with Crippen molar-refractivity contribution in [2.45, 2.75) is 12.6 Å². The lowest BCUT2D eigenvalue weighted by Crippen LogP contribution is -2.45. The van der Waals surface area contributed by atoms with Gasteiger partial charge in [-0.3, -0.25) is 9.69 Å². The third kappa shape index (κ3) is 3.38. The zero-order valence-corrected chi connectivity index (χ0v) is 13.5. The molecule has 1 aromatic heterocycles. The van der Waals surface area contributed by atoms with E-state index in [9.17, 15) is 4.79 Å². The molecule has 5 heteroatoms. The molecule has 0 saturated carbocycles. The van der Waals surface area contributed by atoms with Crippen molar-refractivity contribution in [3.63, 3.8) is 0 Å². The molecule has 4 nitrogen and oxygen atoms in total. The third-order valence-corrected chi connectivity index (χ3v) is 4.92. The Morgan fingerprint density at radius 3 is 3.09 bits per heavy atom. The van der Waals surface area contributed by atoms with Gasteiger partial charge in [0, 0.05) is 49.7 Å². The topological polar surface area (TPSA) is 44.4 Å². The van der Waals surface area contributed by atoms with Crippen molar-refractivity contribution in [1.82, 2.24) is 15.5 Å². The van der Waals surface area contributed by atoms with Gasteiger partial charge in [-0.2, -0.15) is 0 Å². The molecule has 1 saturated heterocycles. The van der Waals surface area contributed by atoms with Crippen molar-refractivity contribution in [3.05, 3.63) is 57.8 Å². The number of nitrogens with zero attached hydrogens (tertiary/aromatic N) is 1. The van der Waals surface area contributed by atoms with Gasteiger partial charge in [0.15, 0.2) is 0 Å². The SMILES string of the molecule is CNC(=O)c1cccc([C@@H]2CNCCN2Cc2cccs2)c1. The monoisotopic (exact) mass is 315 g/mol. The number of nitrogens with one attached hydrogen (secondary N) is 2. The summed E-state index contributed by atoms with van der Waals surface area (Å²) in [5, 5.41) is 8.28. The summed E-state index contributed by atoms with van der Waals surface area (Å²) in [6, 6.07) is 12.6. The first-order valence-corrected chi connectivity index (χ1v) is 8.45. The Balaban J connectivity index is 1.82. The first-order valence-electron chi connectivity index (χ1n) is 7.57. The number of carbonyl (C=O) groups is 1. The van der Waals surface area contributed by atoms with Crippen LogP contribution in [0.15, 0.2) is 41.8 Å². The molecule has 3 rings (SSSR count). The van der Waals surface area contributed by atoms with Crippen LogP contribution >= 0.6 is 11.3 Å². The molecule has 1 aliphatic heterocycles. The zero-order valence-electron chi connectivity index (χ0n) is 12.7. The maximum Gasteiger partial charge on any atom is 0.251 e. The predicted molar refractivity (Wildman–Crippen MR) is 90.2 cm³/mol. The van der Waals surface area contributed by atoms with Crippen LogP contribution in [0.3, 0.4) is 0 Å². The van der Waals surface area contributed by atoms with Crippen LogP contribution in [0.4, 0.5) is 0 Å². The van der Waals surface area contributed by atoms with E-state index in [2.05, 4.69) is 39.1 Å². The highest BCUT2D eigenvalue weighted by Gasteiger charge is 2.24. The fourth-order valence-electron chi connectivity index (χ4n) is 2.90. The van der Waals surface area contributed by atoms with E-state index in [1.54, 1.807) is 18.4 Å². The van der Waals surface area contributed by atoms with Gasteiger partial charge in [0.05, 0.1) is 0 Å². The molecule has 0 unspecified atom stereocenters.